The van der Waals surface area contributed by atoms with Crippen molar-refractivity contribution in [1.82, 2.24) is 5.32 Å². The zero-order chi connectivity index (χ0) is 23.5. The number of fused-ring (bicyclic) bond motifs is 3. The standard InChI is InChI=1S/C25H20ClNO6/c1-14-21(11-10-18-17-4-2-3-5-19(17)25(31)33-23(14)18)32-13-22(28)27-20(24(29)30)12-15-6-8-16(26)9-7-15/h2-11,20H,12-13H2,1H3,(H,27,28)(H,29,30)/t20-/m0/s1. The number of carbonyl (C=O) groups is 2. The molecule has 0 bridgehead atoms. The third kappa shape index (κ3) is 4.83. The van der Waals surface area contributed by atoms with Crippen LogP contribution in [0.4, 0.5) is 0 Å². The summed E-state index contributed by atoms with van der Waals surface area (Å²) < 4.78 is 11.1. The highest BCUT2D eigenvalue weighted by molar-refractivity contribution is 6.30. The second-order valence-electron chi connectivity index (χ2n) is 7.58. The minimum atomic E-state index is -1.16. The van der Waals surface area contributed by atoms with Crippen LogP contribution >= 0.6 is 11.6 Å². The van der Waals surface area contributed by atoms with Crippen LogP contribution in [0.3, 0.4) is 0 Å². The van der Waals surface area contributed by atoms with Gasteiger partial charge in [-0.05, 0) is 48.2 Å². The summed E-state index contributed by atoms with van der Waals surface area (Å²) in [5, 5.41) is 14.5. The molecule has 0 unspecified atom stereocenters. The molecule has 7 nitrogen and oxygen atoms in total. The number of rotatable bonds is 7. The summed E-state index contributed by atoms with van der Waals surface area (Å²) in [6, 6.07) is 16.2. The number of hydrogen-bond donors (Lipinski definition) is 2. The molecular weight excluding hydrogens is 446 g/mol. The summed E-state index contributed by atoms with van der Waals surface area (Å²) in [6.45, 7) is 1.34. The van der Waals surface area contributed by atoms with Gasteiger partial charge in [-0.25, -0.2) is 9.59 Å². The number of ether oxygens (including phenoxy) is 1. The highest BCUT2D eigenvalue weighted by Crippen LogP contribution is 2.30. The van der Waals surface area contributed by atoms with Gasteiger partial charge in [0.2, 0.25) is 0 Å². The molecule has 4 aromatic rings. The molecule has 4 rings (SSSR count). The van der Waals surface area contributed by atoms with Gasteiger partial charge in [0.05, 0.1) is 5.39 Å². The third-order valence-corrected chi connectivity index (χ3v) is 5.59. The van der Waals surface area contributed by atoms with Crippen LogP contribution < -0.4 is 15.7 Å². The van der Waals surface area contributed by atoms with E-state index in [-0.39, 0.29) is 6.42 Å². The molecule has 3 aromatic carbocycles. The fourth-order valence-electron chi connectivity index (χ4n) is 3.65. The van der Waals surface area contributed by atoms with E-state index in [1.807, 2.05) is 12.1 Å². The van der Waals surface area contributed by atoms with Crippen molar-refractivity contribution >= 4 is 45.2 Å². The number of carboxylic acid groups (broad SMARTS) is 1. The Labute approximate surface area is 193 Å². The van der Waals surface area contributed by atoms with Gasteiger partial charge in [0.1, 0.15) is 17.4 Å². The van der Waals surface area contributed by atoms with Gasteiger partial charge >= 0.3 is 11.6 Å². The van der Waals surface area contributed by atoms with Crippen LogP contribution in [-0.2, 0) is 16.0 Å². The number of aryl methyl sites for hydroxylation is 1. The highest BCUT2D eigenvalue weighted by Gasteiger charge is 2.21. The summed E-state index contributed by atoms with van der Waals surface area (Å²) >= 11 is 5.85. The zero-order valence-electron chi connectivity index (χ0n) is 17.6. The van der Waals surface area contributed by atoms with Crippen molar-refractivity contribution in [2.75, 3.05) is 6.61 Å². The average molecular weight is 466 g/mol. The van der Waals surface area contributed by atoms with Crippen LogP contribution in [0.5, 0.6) is 5.75 Å². The SMILES string of the molecule is Cc1c(OCC(=O)N[C@@H](Cc2ccc(Cl)cc2)C(=O)O)ccc2c1oc(=O)c1ccccc12. The molecule has 0 spiro atoms. The van der Waals surface area contributed by atoms with Crippen molar-refractivity contribution in [2.45, 2.75) is 19.4 Å². The van der Waals surface area contributed by atoms with E-state index < -0.39 is 30.2 Å². The van der Waals surface area contributed by atoms with Gasteiger partial charge in [-0.15, -0.1) is 0 Å². The maximum absolute atomic E-state index is 12.4. The molecule has 0 aliphatic heterocycles. The van der Waals surface area contributed by atoms with E-state index in [2.05, 4.69) is 5.32 Å². The molecule has 1 heterocycles. The monoisotopic (exact) mass is 465 g/mol. The normalized spacial score (nSPS) is 11.9. The number of benzene rings is 3. The van der Waals surface area contributed by atoms with Crippen LogP contribution in [0, 0.1) is 6.92 Å². The first-order valence-electron chi connectivity index (χ1n) is 10.2. The lowest BCUT2D eigenvalue weighted by molar-refractivity contribution is -0.142. The Morgan fingerprint density at radius 3 is 2.42 bits per heavy atom. The first-order chi connectivity index (χ1) is 15.8. The van der Waals surface area contributed by atoms with Crippen molar-refractivity contribution in [1.29, 1.82) is 0 Å². The van der Waals surface area contributed by atoms with Gasteiger partial charge in [0.15, 0.2) is 6.61 Å². The fourth-order valence-corrected chi connectivity index (χ4v) is 3.78. The Balaban J connectivity index is 1.49. The van der Waals surface area contributed by atoms with Gasteiger partial charge in [-0.1, -0.05) is 41.9 Å². The Hall–Kier alpha value is -3.84. The second kappa shape index (κ2) is 9.34. The van der Waals surface area contributed by atoms with Crippen molar-refractivity contribution in [3.8, 4) is 5.75 Å². The maximum atomic E-state index is 12.4. The predicted molar refractivity (Wildman–Crippen MR) is 125 cm³/mol. The van der Waals surface area contributed by atoms with Crippen LogP contribution in [-0.4, -0.2) is 29.6 Å². The van der Waals surface area contributed by atoms with Crippen LogP contribution in [0.25, 0.3) is 21.7 Å². The molecular formula is C25H20ClNO6. The number of halogens is 1. The molecule has 0 saturated heterocycles. The minimum Gasteiger partial charge on any atom is -0.483 e. The molecule has 0 saturated carbocycles. The van der Waals surface area contributed by atoms with Crippen molar-refractivity contribution in [2.24, 2.45) is 0 Å². The van der Waals surface area contributed by atoms with Crippen molar-refractivity contribution < 1.29 is 23.8 Å². The molecule has 1 atom stereocenters. The topological polar surface area (TPSA) is 106 Å². The van der Waals surface area contributed by atoms with Crippen LogP contribution in [0.1, 0.15) is 11.1 Å². The van der Waals surface area contributed by atoms with E-state index in [1.165, 1.54) is 0 Å². The molecule has 0 radical (unpaired) electrons. The van der Waals surface area contributed by atoms with E-state index in [9.17, 15) is 19.5 Å². The smallest absolute Gasteiger partial charge is 0.344 e. The fraction of sp³-hybridized carbons (Fsp3) is 0.160. The lowest BCUT2D eigenvalue weighted by atomic mass is 10.0. The zero-order valence-corrected chi connectivity index (χ0v) is 18.4. The molecule has 33 heavy (non-hydrogen) atoms. The Bertz CT molecular complexity index is 1410. The quantitative estimate of drug-likeness (QED) is 0.314. The van der Waals surface area contributed by atoms with E-state index >= 15 is 0 Å². The number of aliphatic carboxylic acids is 1. The molecule has 1 aromatic heterocycles. The summed E-state index contributed by atoms with van der Waals surface area (Å²) in [6.07, 6.45) is 0.103. The van der Waals surface area contributed by atoms with E-state index in [1.54, 1.807) is 55.5 Å². The summed E-state index contributed by atoms with van der Waals surface area (Å²) in [5.74, 6) is -1.38. The largest absolute Gasteiger partial charge is 0.483 e. The molecule has 2 N–H and O–H groups in total. The minimum absolute atomic E-state index is 0.103. The van der Waals surface area contributed by atoms with Crippen LogP contribution in [0.15, 0.2) is 69.9 Å². The third-order valence-electron chi connectivity index (χ3n) is 5.33. The van der Waals surface area contributed by atoms with Crippen molar-refractivity contribution in [3.05, 3.63) is 87.2 Å². The second-order valence-corrected chi connectivity index (χ2v) is 8.01. The molecule has 0 fully saturated rings. The number of amides is 1. The number of nitrogens with one attached hydrogen (secondary N) is 1. The molecule has 0 aliphatic rings. The number of carboxylic acids is 1. The Morgan fingerprint density at radius 2 is 1.73 bits per heavy atom. The number of hydrogen-bond acceptors (Lipinski definition) is 5. The molecule has 8 heteroatoms. The molecule has 168 valence electrons. The summed E-state index contributed by atoms with van der Waals surface area (Å²) in [5.41, 5.74) is 1.21. The average Bonchev–Trinajstić information content (AvgIpc) is 2.80. The Kier molecular flexibility index (Phi) is 6.33. The van der Waals surface area contributed by atoms with Gasteiger partial charge in [-0.2, -0.15) is 0 Å². The summed E-state index contributed by atoms with van der Waals surface area (Å²) in [4.78, 5) is 36.3. The molecule has 0 aliphatic carbocycles. The van der Waals surface area contributed by atoms with Gasteiger partial charge in [0, 0.05) is 22.4 Å². The first kappa shape index (κ1) is 22.4. The number of carbonyl (C=O) groups excluding carboxylic acids is 1. The van der Waals surface area contributed by atoms with Gasteiger partial charge in [-0.3, -0.25) is 4.79 Å². The van der Waals surface area contributed by atoms with E-state index in [0.29, 0.717) is 27.3 Å². The van der Waals surface area contributed by atoms with Crippen molar-refractivity contribution in [3.63, 3.8) is 0 Å². The first-order valence-corrected chi connectivity index (χ1v) is 10.6. The van der Waals surface area contributed by atoms with E-state index in [0.717, 1.165) is 16.3 Å². The van der Waals surface area contributed by atoms with Gasteiger partial charge < -0.3 is 19.6 Å². The summed E-state index contributed by atoms with van der Waals surface area (Å²) in [7, 11) is 0. The Morgan fingerprint density at radius 1 is 1.03 bits per heavy atom. The van der Waals surface area contributed by atoms with E-state index in [4.69, 9.17) is 20.8 Å². The maximum Gasteiger partial charge on any atom is 0.344 e. The lowest BCUT2D eigenvalue weighted by Crippen LogP contribution is -2.44. The lowest BCUT2D eigenvalue weighted by Gasteiger charge is -2.16. The predicted octanol–water partition coefficient (Wildman–Crippen LogP) is 4.10. The van der Waals surface area contributed by atoms with Crippen LogP contribution in [0.2, 0.25) is 5.02 Å². The van der Waals surface area contributed by atoms with Gasteiger partial charge in [0.25, 0.3) is 5.91 Å². The highest BCUT2D eigenvalue weighted by atomic mass is 35.5. The molecule has 1 amide bonds.